The van der Waals surface area contributed by atoms with E-state index in [0.29, 0.717) is 0 Å². The maximum atomic E-state index is 11.6. The van der Waals surface area contributed by atoms with E-state index in [-0.39, 0.29) is 28.9 Å². The van der Waals surface area contributed by atoms with E-state index < -0.39 is 0 Å². The molecule has 0 fully saturated rings. The third-order valence-electron chi connectivity index (χ3n) is 12.4. The number of hydrogen-bond donors (Lipinski definition) is 0. The largest absolute Gasteiger partial charge is 0.290 e. The fraction of sp³-hybridized carbons (Fsp3) is 0. The molecule has 0 amide bonds. The molecule has 5 heteroatoms. The predicted molar refractivity (Wildman–Crippen MR) is 380 cm³/mol. The van der Waals surface area contributed by atoms with Gasteiger partial charge >= 0.3 is 0 Å². The first-order chi connectivity index (χ1) is 44.2. The van der Waals surface area contributed by atoms with Crippen LogP contribution in [-0.4, -0.2) is 28.9 Å². The molecule has 0 aliphatic rings. The summed E-state index contributed by atoms with van der Waals surface area (Å²) in [7, 11) is 0. The predicted octanol–water partition coefficient (Wildman–Crippen LogP) is 19.9. The van der Waals surface area contributed by atoms with E-state index in [1.54, 1.807) is 60.8 Å². The molecular weight excluding hydrogens is 1100 g/mol. The first-order valence-corrected chi connectivity index (χ1v) is 29.2. The van der Waals surface area contributed by atoms with Gasteiger partial charge in [0.2, 0.25) is 0 Å². The fourth-order valence-electron chi connectivity index (χ4n) is 7.70. The van der Waals surface area contributed by atoms with Crippen molar-refractivity contribution < 1.29 is 24.0 Å². The lowest BCUT2D eigenvalue weighted by atomic mass is 10.1. The van der Waals surface area contributed by atoms with Gasteiger partial charge in [-0.25, -0.2) is 0 Å². The molecule has 0 atom stereocenters. The molecule has 0 radical (unpaired) electrons. The number of benzene rings is 10. The second kappa shape index (κ2) is 41.9. The molecule has 0 saturated heterocycles. The summed E-state index contributed by atoms with van der Waals surface area (Å²) in [6.45, 7) is 0. The van der Waals surface area contributed by atoms with Crippen molar-refractivity contribution in [1.82, 2.24) is 0 Å². The molecule has 0 saturated carbocycles. The van der Waals surface area contributed by atoms with Gasteiger partial charge in [-0.15, -0.1) is 0 Å². The summed E-state index contributed by atoms with van der Waals surface area (Å²) >= 11 is 0. The molecule has 0 bridgehead atoms. The average Bonchev–Trinajstić information content (AvgIpc) is 3.68. The van der Waals surface area contributed by atoms with E-state index >= 15 is 0 Å². The standard InChI is InChI=1S/5C17H14O/c5*18-17(13-11-15-7-3-1-4-8-15)14-12-16-9-5-2-6-10-16/h5*1-14H. The maximum Gasteiger partial charge on any atom is 0.178 e. The van der Waals surface area contributed by atoms with Gasteiger partial charge in [-0.3, -0.25) is 24.0 Å². The van der Waals surface area contributed by atoms with Gasteiger partial charge in [-0.2, -0.15) is 0 Å². The first-order valence-electron chi connectivity index (χ1n) is 29.2. The van der Waals surface area contributed by atoms with E-state index in [1.807, 2.05) is 364 Å². The van der Waals surface area contributed by atoms with Gasteiger partial charge in [0.15, 0.2) is 28.9 Å². The van der Waals surface area contributed by atoms with Crippen molar-refractivity contribution >= 4 is 89.7 Å². The van der Waals surface area contributed by atoms with Crippen LogP contribution < -0.4 is 0 Å². The molecular formula is C85H70O5. The maximum absolute atomic E-state index is 11.6. The monoisotopic (exact) mass is 1170 g/mol. The molecule has 0 spiro atoms. The third kappa shape index (κ3) is 30.7. The fourth-order valence-corrected chi connectivity index (χ4v) is 7.70. The van der Waals surface area contributed by atoms with Crippen LogP contribution in [-0.2, 0) is 24.0 Å². The molecule has 0 unspecified atom stereocenters. The van der Waals surface area contributed by atoms with Crippen LogP contribution in [0.3, 0.4) is 0 Å². The lowest BCUT2D eigenvalue weighted by molar-refractivity contribution is -0.111. The Hall–Kier alpha value is -12.1. The number of rotatable bonds is 20. The van der Waals surface area contributed by atoms with Crippen LogP contribution in [0.5, 0.6) is 0 Å². The molecule has 90 heavy (non-hydrogen) atoms. The first kappa shape index (κ1) is 67.1. The molecule has 5 nitrogen and oxygen atoms in total. The Balaban J connectivity index is 0.000000179. The van der Waals surface area contributed by atoms with Crippen LogP contribution in [0.15, 0.2) is 364 Å². The summed E-state index contributed by atoms with van der Waals surface area (Å²) in [5.74, 6) is -0.0569. The van der Waals surface area contributed by atoms with Crippen molar-refractivity contribution in [3.63, 3.8) is 0 Å². The molecule has 0 heterocycles. The van der Waals surface area contributed by atoms with Crippen molar-refractivity contribution in [3.8, 4) is 0 Å². The second-order valence-corrected chi connectivity index (χ2v) is 19.5. The third-order valence-corrected chi connectivity index (χ3v) is 12.4. The Morgan fingerprint density at radius 1 is 0.133 bits per heavy atom. The quantitative estimate of drug-likeness (QED) is 0.0710. The number of carbonyl (C=O) groups excluding carboxylic acids is 5. The van der Waals surface area contributed by atoms with Gasteiger partial charge < -0.3 is 0 Å². The van der Waals surface area contributed by atoms with Crippen LogP contribution in [0.2, 0.25) is 0 Å². The molecule has 0 N–H and O–H groups in total. The van der Waals surface area contributed by atoms with E-state index in [2.05, 4.69) is 0 Å². The Morgan fingerprint density at radius 3 is 0.289 bits per heavy atom. The highest BCUT2D eigenvalue weighted by atomic mass is 16.1. The van der Waals surface area contributed by atoms with Crippen molar-refractivity contribution in [2.75, 3.05) is 0 Å². The minimum Gasteiger partial charge on any atom is -0.290 e. The second-order valence-electron chi connectivity index (χ2n) is 19.5. The molecule has 440 valence electrons. The summed E-state index contributed by atoms with van der Waals surface area (Å²) in [5.41, 5.74) is 10.3. The summed E-state index contributed by atoms with van der Waals surface area (Å²) in [6.07, 6.45) is 34.0. The van der Waals surface area contributed by atoms with E-state index in [0.717, 1.165) is 55.6 Å². The zero-order valence-electron chi connectivity index (χ0n) is 50.0. The molecule has 10 aromatic carbocycles. The van der Waals surface area contributed by atoms with Crippen LogP contribution in [0, 0.1) is 0 Å². The minimum absolute atomic E-state index is 0.0114. The molecule has 10 rings (SSSR count). The topological polar surface area (TPSA) is 85.3 Å². The average molecular weight is 1170 g/mol. The van der Waals surface area contributed by atoms with Crippen molar-refractivity contribution in [2.45, 2.75) is 0 Å². The summed E-state index contributed by atoms with van der Waals surface area (Å²) < 4.78 is 0. The highest BCUT2D eigenvalue weighted by molar-refractivity contribution is 6.07. The van der Waals surface area contributed by atoms with Crippen LogP contribution >= 0.6 is 0 Å². The van der Waals surface area contributed by atoms with E-state index in [9.17, 15) is 24.0 Å². The number of allylic oxidation sites excluding steroid dienone is 10. The molecule has 0 aliphatic heterocycles. The van der Waals surface area contributed by atoms with Gasteiger partial charge in [0, 0.05) is 0 Å². The van der Waals surface area contributed by atoms with Crippen LogP contribution in [0.1, 0.15) is 55.6 Å². The van der Waals surface area contributed by atoms with Crippen LogP contribution in [0.4, 0.5) is 0 Å². The normalized spacial score (nSPS) is 11.1. The lowest BCUT2D eigenvalue weighted by Gasteiger charge is -1.91. The molecule has 0 aliphatic carbocycles. The Morgan fingerprint density at radius 2 is 0.211 bits per heavy atom. The summed E-state index contributed by atoms with van der Waals surface area (Å²) in [4.78, 5) is 58.1. The Labute approximate surface area is 530 Å². The Bertz CT molecular complexity index is 3120. The van der Waals surface area contributed by atoms with Gasteiger partial charge in [0.05, 0.1) is 0 Å². The highest BCUT2D eigenvalue weighted by Crippen LogP contribution is 2.10. The van der Waals surface area contributed by atoms with Gasteiger partial charge in [-0.05, 0) is 116 Å². The van der Waals surface area contributed by atoms with Gasteiger partial charge in [0.1, 0.15) is 0 Å². The highest BCUT2D eigenvalue weighted by Gasteiger charge is 1.96. The number of hydrogen-bond acceptors (Lipinski definition) is 5. The van der Waals surface area contributed by atoms with Gasteiger partial charge in [0.25, 0.3) is 0 Å². The van der Waals surface area contributed by atoms with Gasteiger partial charge in [-0.1, -0.05) is 364 Å². The lowest BCUT2D eigenvalue weighted by Crippen LogP contribution is -1.84. The zero-order chi connectivity index (χ0) is 63.2. The molecule has 0 aromatic heterocycles. The summed E-state index contributed by atoms with van der Waals surface area (Å²) in [5, 5.41) is 0. The number of ketones is 5. The van der Waals surface area contributed by atoms with Crippen LogP contribution in [0.25, 0.3) is 60.8 Å². The smallest absolute Gasteiger partial charge is 0.178 e. The van der Waals surface area contributed by atoms with E-state index in [4.69, 9.17) is 0 Å². The molecule has 10 aromatic rings. The Kier molecular flexibility index (Phi) is 31.2. The SMILES string of the molecule is O=C(C=Cc1ccccc1)C=Cc1ccccc1.O=C(C=Cc1ccccc1)C=Cc1ccccc1.O=C(C=Cc1ccccc1)C=Cc1ccccc1.O=C(C=Cc1ccccc1)C=Cc1ccccc1.O=C(C=Cc1ccccc1)C=Cc1ccccc1. The minimum atomic E-state index is -0.0114. The van der Waals surface area contributed by atoms with Crippen molar-refractivity contribution in [3.05, 3.63) is 420 Å². The number of carbonyl (C=O) groups is 5. The van der Waals surface area contributed by atoms with Crippen molar-refractivity contribution in [1.29, 1.82) is 0 Å². The summed E-state index contributed by atoms with van der Waals surface area (Å²) in [6, 6.07) is 97.8. The van der Waals surface area contributed by atoms with E-state index in [1.165, 1.54) is 0 Å². The zero-order valence-corrected chi connectivity index (χ0v) is 50.0. The van der Waals surface area contributed by atoms with Crippen molar-refractivity contribution in [2.24, 2.45) is 0 Å².